The Labute approximate surface area is 64.1 Å². The largest absolute Gasteiger partial charge is 0.262 e. The zero-order valence-electron chi connectivity index (χ0n) is 5.90. The van der Waals surface area contributed by atoms with E-state index in [1.165, 1.54) is 6.33 Å². The highest BCUT2D eigenvalue weighted by molar-refractivity contribution is 7.88. The number of aromatic nitrogens is 3. The number of H-pyrrole nitrogens is 1. The van der Waals surface area contributed by atoms with Gasteiger partial charge in [-0.25, -0.2) is 18.1 Å². The molecule has 1 aromatic heterocycles. The maximum absolute atomic E-state index is 10.6. The van der Waals surface area contributed by atoms with Crippen LogP contribution in [0.15, 0.2) is 6.33 Å². The van der Waals surface area contributed by atoms with E-state index < -0.39 is 10.0 Å². The monoisotopic (exact) mass is 176 g/mol. The average molecular weight is 176 g/mol. The summed E-state index contributed by atoms with van der Waals surface area (Å²) < 4.78 is 23.4. The van der Waals surface area contributed by atoms with Crippen LogP contribution in [-0.2, 0) is 16.6 Å². The Balaban J connectivity index is 2.48. The molecule has 0 amide bonds. The Morgan fingerprint density at radius 3 is 2.91 bits per heavy atom. The molecule has 0 aliphatic rings. The molecule has 0 aliphatic carbocycles. The molecule has 11 heavy (non-hydrogen) atoms. The minimum absolute atomic E-state index is 0.152. The van der Waals surface area contributed by atoms with Crippen LogP contribution in [0.25, 0.3) is 0 Å². The van der Waals surface area contributed by atoms with Gasteiger partial charge in [0.1, 0.15) is 12.2 Å². The van der Waals surface area contributed by atoms with Crippen molar-refractivity contribution in [1.82, 2.24) is 19.9 Å². The molecule has 1 aromatic rings. The van der Waals surface area contributed by atoms with Crippen molar-refractivity contribution in [2.45, 2.75) is 6.54 Å². The van der Waals surface area contributed by atoms with Gasteiger partial charge in [0.15, 0.2) is 0 Å². The molecule has 2 N–H and O–H groups in total. The second kappa shape index (κ2) is 2.97. The lowest BCUT2D eigenvalue weighted by atomic mass is 10.6. The molecule has 0 radical (unpaired) electrons. The molecule has 0 fully saturated rings. The molecule has 0 atom stereocenters. The summed E-state index contributed by atoms with van der Waals surface area (Å²) in [5, 5.41) is 6.07. The minimum atomic E-state index is -3.14. The maximum atomic E-state index is 10.6. The van der Waals surface area contributed by atoms with Crippen molar-refractivity contribution in [3.05, 3.63) is 12.2 Å². The van der Waals surface area contributed by atoms with Crippen LogP contribution in [0.2, 0.25) is 0 Å². The highest BCUT2D eigenvalue weighted by Crippen LogP contribution is 1.84. The van der Waals surface area contributed by atoms with Crippen molar-refractivity contribution in [1.29, 1.82) is 0 Å². The fourth-order valence-electron chi connectivity index (χ4n) is 0.515. The minimum Gasteiger partial charge on any atom is -0.262 e. The highest BCUT2D eigenvalue weighted by atomic mass is 32.2. The van der Waals surface area contributed by atoms with Gasteiger partial charge >= 0.3 is 0 Å². The first-order valence-corrected chi connectivity index (χ1v) is 4.76. The zero-order valence-corrected chi connectivity index (χ0v) is 6.72. The summed E-state index contributed by atoms with van der Waals surface area (Å²) in [6.07, 6.45) is 2.41. The van der Waals surface area contributed by atoms with E-state index in [0.717, 1.165) is 6.26 Å². The van der Waals surface area contributed by atoms with Gasteiger partial charge in [-0.15, -0.1) is 0 Å². The Bertz CT molecular complexity index is 303. The van der Waals surface area contributed by atoms with Gasteiger partial charge in [-0.1, -0.05) is 0 Å². The average Bonchev–Trinajstić information content (AvgIpc) is 2.32. The fourth-order valence-corrected chi connectivity index (χ4v) is 0.914. The van der Waals surface area contributed by atoms with Gasteiger partial charge in [0.2, 0.25) is 10.0 Å². The predicted octanol–water partition coefficient (Wildman–Crippen LogP) is -1.15. The third-order valence-corrected chi connectivity index (χ3v) is 1.64. The molecule has 0 aliphatic heterocycles. The fraction of sp³-hybridized carbons (Fsp3) is 0.500. The SMILES string of the molecule is CS(=O)(=O)NCc1ncn[nH]1. The first-order valence-electron chi connectivity index (χ1n) is 2.87. The molecular weight excluding hydrogens is 168 g/mol. The summed E-state index contributed by atoms with van der Waals surface area (Å²) >= 11 is 0. The lowest BCUT2D eigenvalue weighted by Gasteiger charge is -1.96. The number of nitrogens with zero attached hydrogens (tertiary/aromatic N) is 2. The summed E-state index contributed by atoms with van der Waals surface area (Å²) in [5.41, 5.74) is 0. The molecule has 7 heteroatoms. The third-order valence-electron chi connectivity index (χ3n) is 0.967. The lowest BCUT2D eigenvalue weighted by Crippen LogP contribution is -2.21. The highest BCUT2D eigenvalue weighted by Gasteiger charge is 2.01. The lowest BCUT2D eigenvalue weighted by molar-refractivity contribution is 0.585. The number of hydrogen-bond acceptors (Lipinski definition) is 4. The molecule has 0 bridgehead atoms. The van der Waals surface area contributed by atoms with E-state index in [2.05, 4.69) is 19.9 Å². The normalized spacial score (nSPS) is 11.7. The van der Waals surface area contributed by atoms with Gasteiger partial charge in [0.05, 0.1) is 12.8 Å². The van der Waals surface area contributed by atoms with E-state index in [1.807, 2.05) is 0 Å². The molecule has 0 aromatic carbocycles. The summed E-state index contributed by atoms with van der Waals surface area (Å²) in [7, 11) is -3.14. The summed E-state index contributed by atoms with van der Waals surface area (Å²) in [6, 6.07) is 0. The van der Waals surface area contributed by atoms with Crippen molar-refractivity contribution in [3.63, 3.8) is 0 Å². The number of aromatic amines is 1. The summed E-state index contributed by atoms with van der Waals surface area (Å²) in [5.74, 6) is 0.496. The van der Waals surface area contributed by atoms with E-state index in [1.54, 1.807) is 0 Å². The number of rotatable bonds is 3. The quantitative estimate of drug-likeness (QED) is 0.609. The van der Waals surface area contributed by atoms with E-state index in [0.29, 0.717) is 5.82 Å². The summed E-state index contributed by atoms with van der Waals surface area (Å²) in [6.45, 7) is 0.152. The summed E-state index contributed by atoms with van der Waals surface area (Å²) in [4.78, 5) is 3.73. The van der Waals surface area contributed by atoms with Crippen molar-refractivity contribution in [3.8, 4) is 0 Å². The topological polar surface area (TPSA) is 87.7 Å². The zero-order chi connectivity index (χ0) is 8.32. The standard InChI is InChI=1S/C4H8N4O2S/c1-11(9,10)7-2-4-5-3-6-8-4/h3,7H,2H2,1H3,(H,5,6,8). The van der Waals surface area contributed by atoms with Crippen LogP contribution < -0.4 is 4.72 Å². The molecule has 0 unspecified atom stereocenters. The first kappa shape index (κ1) is 8.15. The van der Waals surface area contributed by atoms with Crippen LogP contribution >= 0.6 is 0 Å². The molecule has 0 saturated heterocycles. The van der Waals surface area contributed by atoms with Crippen LogP contribution in [0.4, 0.5) is 0 Å². The molecule has 1 rings (SSSR count). The van der Waals surface area contributed by atoms with Gasteiger partial charge in [-0.05, 0) is 0 Å². The smallest absolute Gasteiger partial charge is 0.209 e. The molecule has 62 valence electrons. The van der Waals surface area contributed by atoms with Crippen LogP contribution in [0.1, 0.15) is 5.82 Å². The second-order valence-electron chi connectivity index (χ2n) is 2.03. The van der Waals surface area contributed by atoms with Gasteiger partial charge in [0, 0.05) is 0 Å². The van der Waals surface area contributed by atoms with Crippen molar-refractivity contribution < 1.29 is 8.42 Å². The molecule has 1 heterocycles. The van der Waals surface area contributed by atoms with Crippen LogP contribution in [0.3, 0.4) is 0 Å². The number of nitrogens with one attached hydrogen (secondary N) is 2. The van der Waals surface area contributed by atoms with Crippen molar-refractivity contribution >= 4 is 10.0 Å². The van der Waals surface area contributed by atoms with E-state index in [4.69, 9.17) is 0 Å². The Morgan fingerprint density at radius 2 is 2.45 bits per heavy atom. The second-order valence-corrected chi connectivity index (χ2v) is 3.86. The molecular formula is C4H8N4O2S. The van der Waals surface area contributed by atoms with E-state index in [-0.39, 0.29) is 6.54 Å². The molecule has 0 saturated carbocycles. The van der Waals surface area contributed by atoms with E-state index >= 15 is 0 Å². The van der Waals surface area contributed by atoms with Crippen molar-refractivity contribution in [2.75, 3.05) is 6.26 Å². The Kier molecular flexibility index (Phi) is 2.20. The number of hydrogen-bond donors (Lipinski definition) is 2. The van der Waals surface area contributed by atoms with Crippen LogP contribution in [0, 0.1) is 0 Å². The Morgan fingerprint density at radius 1 is 1.73 bits per heavy atom. The predicted molar refractivity (Wildman–Crippen MR) is 38.1 cm³/mol. The number of sulfonamides is 1. The van der Waals surface area contributed by atoms with Crippen molar-refractivity contribution in [2.24, 2.45) is 0 Å². The van der Waals surface area contributed by atoms with Crippen LogP contribution in [0.5, 0.6) is 0 Å². The first-order chi connectivity index (χ1) is 5.08. The molecule has 6 nitrogen and oxygen atoms in total. The van der Waals surface area contributed by atoms with Gasteiger partial charge in [-0.3, -0.25) is 5.10 Å². The maximum Gasteiger partial charge on any atom is 0.209 e. The van der Waals surface area contributed by atoms with E-state index in [9.17, 15) is 8.42 Å². The molecule has 0 spiro atoms. The van der Waals surface area contributed by atoms with Gasteiger partial charge in [0.25, 0.3) is 0 Å². The van der Waals surface area contributed by atoms with Crippen LogP contribution in [-0.4, -0.2) is 29.9 Å². The Hall–Kier alpha value is -0.950. The third kappa shape index (κ3) is 3.10. The van der Waals surface area contributed by atoms with Gasteiger partial charge < -0.3 is 0 Å². The van der Waals surface area contributed by atoms with Gasteiger partial charge in [-0.2, -0.15) is 5.10 Å².